The smallest absolute Gasteiger partial charge is 0.0506 e. The number of nitrogens with one attached hydrogen (secondary N) is 1. The summed E-state index contributed by atoms with van der Waals surface area (Å²) in [4.78, 5) is 0. The van der Waals surface area contributed by atoms with Gasteiger partial charge in [0.05, 0.1) is 5.54 Å². The first-order valence-electron chi connectivity index (χ1n) is 12.1. The highest BCUT2D eigenvalue weighted by Crippen LogP contribution is 2.36. The molecule has 1 heterocycles. The van der Waals surface area contributed by atoms with E-state index in [2.05, 4.69) is 93.7 Å². The van der Waals surface area contributed by atoms with E-state index in [1.165, 1.54) is 69.6 Å². The van der Waals surface area contributed by atoms with E-state index in [1.54, 1.807) is 11.1 Å². The summed E-state index contributed by atoms with van der Waals surface area (Å²) in [5.74, 6) is 0. The first-order chi connectivity index (χ1) is 15.8. The molecule has 1 aliphatic heterocycles. The maximum Gasteiger partial charge on any atom is 0.0506 e. The average Bonchev–Trinajstić information content (AvgIpc) is 2.79. The predicted octanol–water partition coefficient (Wildman–Crippen LogP) is 8.06. The lowest BCUT2D eigenvalue weighted by molar-refractivity contribution is 0.690. The van der Waals surface area contributed by atoms with Gasteiger partial charge in [-0.2, -0.15) is 0 Å². The van der Waals surface area contributed by atoms with E-state index in [9.17, 15) is 0 Å². The first kappa shape index (κ1) is 21.6. The van der Waals surface area contributed by atoms with Crippen molar-refractivity contribution < 1.29 is 0 Å². The van der Waals surface area contributed by atoms with Crippen molar-refractivity contribution in [2.45, 2.75) is 58.9 Å². The van der Waals surface area contributed by atoms with Crippen LogP contribution < -0.4 is 11.1 Å². The van der Waals surface area contributed by atoms with Crippen LogP contribution in [-0.2, 0) is 12.8 Å². The molecule has 1 aliphatic carbocycles. The summed E-state index contributed by atoms with van der Waals surface area (Å²) in [6.07, 6.45) is 7.40. The number of fused-ring (bicyclic) bond motifs is 6. The maximum atomic E-state index is 6.09. The van der Waals surface area contributed by atoms with Gasteiger partial charge in [-0.15, -0.1) is 0 Å². The van der Waals surface area contributed by atoms with Crippen LogP contribution >= 0.6 is 0 Å². The molecular weight excluding hydrogens is 400 g/mol. The minimum Gasteiger partial charge on any atom is -0.398 e. The van der Waals surface area contributed by atoms with Gasteiger partial charge in [0.2, 0.25) is 0 Å². The number of anilines is 2. The van der Waals surface area contributed by atoms with Crippen molar-refractivity contribution >= 4 is 38.5 Å². The van der Waals surface area contributed by atoms with Gasteiger partial charge in [-0.1, -0.05) is 60.7 Å². The van der Waals surface area contributed by atoms with Gasteiger partial charge in [-0.3, -0.25) is 0 Å². The number of hydrogen-bond acceptors (Lipinski definition) is 2. The van der Waals surface area contributed by atoms with Crippen LogP contribution in [0.25, 0.3) is 27.1 Å². The number of allylic oxidation sites excluding steroid dienone is 1. The van der Waals surface area contributed by atoms with Crippen molar-refractivity contribution in [1.82, 2.24) is 0 Å². The Morgan fingerprint density at radius 1 is 0.758 bits per heavy atom. The Bertz CT molecular complexity index is 1390. The van der Waals surface area contributed by atoms with Crippen LogP contribution in [0.5, 0.6) is 0 Å². The molecule has 4 aromatic rings. The molecule has 0 saturated carbocycles. The Morgan fingerprint density at radius 3 is 2.30 bits per heavy atom. The van der Waals surface area contributed by atoms with Crippen LogP contribution in [-0.4, -0.2) is 5.54 Å². The van der Waals surface area contributed by atoms with E-state index >= 15 is 0 Å². The summed E-state index contributed by atoms with van der Waals surface area (Å²) < 4.78 is 0. The number of benzene rings is 4. The Hall–Kier alpha value is -3.26. The number of nitrogens with two attached hydrogens (primary N) is 1. The molecular formula is C31H34N2. The Labute approximate surface area is 197 Å². The third kappa shape index (κ3) is 3.99. The molecule has 0 radical (unpaired) electrons. The molecule has 2 aliphatic rings. The molecule has 33 heavy (non-hydrogen) atoms. The van der Waals surface area contributed by atoms with Crippen molar-refractivity contribution in [3.8, 4) is 0 Å². The summed E-state index contributed by atoms with van der Waals surface area (Å²) in [5.41, 5.74) is 15.5. The summed E-state index contributed by atoms with van der Waals surface area (Å²) >= 11 is 0. The number of nitrogen functional groups attached to an aromatic ring is 1. The molecule has 0 spiro atoms. The number of hydrogen-bond donors (Lipinski definition) is 2. The zero-order valence-electron chi connectivity index (χ0n) is 20.3. The van der Waals surface area contributed by atoms with E-state index < -0.39 is 0 Å². The topological polar surface area (TPSA) is 38.0 Å². The van der Waals surface area contributed by atoms with Crippen LogP contribution in [0.3, 0.4) is 0 Å². The van der Waals surface area contributed by atoms with Crippen LogP contribution in [0.1, 0.15) is 55.9 Å². The minimum absolute atomic E-state index is 0.0726. The lowest BCUT2D eigenvalue weighted by atomic mass is 9.86. The van der Waals surface area contributed by atoms with Crippen LogP contribution in [0.2, 0.25) is 0 Å². The second kappa shape index (κ2) is 8.26. The fraction of sp³-hybridized carbons (Fsp3) is 0.290. The number of aryl methyl sites for hydroxylation is 3. The van der Waals surface area contributed by atoms with E-state index in [0.717, 1.165) is 5.69 Å². The van der Waals surface area contributed by atoms with Gasteiger partial charge in [0.25, 0.3) is 0 Å². The Morgan fingerprint density at radius 2 is 1.45 bits per heavy atom. The van der Waals surface area contributed by atoms with Crippen molar-refractivity contribution in [2.24, 2.45) is 0 Å². The first-order valence-corrected chi connectivity index (χ1v) is 12.1. The number of para-hydroxylation sites is 1. The molecule has 0 bridgehead atoms. The predicted molar refractivity (Wildman–Crippen MR) is 145 cm³/mol. The number of rotatable bonds is 0. The Balaban J connectivity index is 0.000000146. The largest absolute Gasteiger partial charge is 0.398 e. The molecule has 0 atom stereocenters. The average molecular weight is 435 g/mol. The van der Waals surface area contributed by atoms with E-state index in [-0.39, 0.29) is 5.54 Å². The molecule has 2 heteroatoms. The van der Waals surface area contributed by atoms with E-state index in [0.29, 0.717) is 0 Å². The lowest BCUT2D eigenvalue weighted by Gasteiger charge is -2.32. The van der Waals surface area contributed by atoms with Gasteiger partial charge >= 0.3 is 0 Å². The Kier molecular flexibility index (Phi) is 5.40. The van der Waals surface area contributed by atoms with Crippen molar-refractivity contribution in [1.29, 1.82) is 0 Å². The summed E-state index contributed by atoms with van der Waals surface area (Å²) in [6.45, 7) is 8.74. The fourth-order valence-corrected chi connectivity index (χ4v) is 5.59. The monoisotopic (exact) mass is 434 g/mol. The molecule has 0 aromatic heterocycles. The maximum absolute atomic E-state index is 6.09. The second-order valence-corrected chi connectivity index (χ2v) is 10.2. The van der Waals surface area contributed by atoms with Crippen molar-refractivity contribution in [3.05, 3.63) is 89.0 Å². The van der Waals surface area contributed by atoms with Gasteiger partial charge in [0.15, 0.2) is 0 Å². The van der Waals surface area contributed by atoms with Crippen LogP contribution in [0.4, 0.5) is 11.4 Å². The minimum atomic E-state index is 0.0726. The van der Waals surface area contributed by atoms with Gasteiger partial charge in [0, 0.05) is 22.3 Å². The summed E-state index contributed by atoms with van der Waals surface area (Å²) in [5, 5.41) is 8.79. The molecule has 168 valence electrons. The zero-order chi connectivity index (χ0) is 23.2. The summed E-state index contributed by atoms with van der Waals surface area (Å²) in [6, 6.07) is 21.7. The molecule has 0 amide bonds. The zero-order valence-corrected chi connectivity index (χ0v) is 20.3. The highest BCUT2D eigenvalue weighted by Gasteiger charge is 2.22. The van der Waals surface area contributed by atoms with Crippen molar-refractivity contribution in [2.75, 3.05) is 11.1 Å². The quantitative estimate of drug-likeness (QED) is 0.217. The van der Waals surface area contributed by atoms with E-state index in [1.807, 2.05) is 6.07 Å². The molecule has 4 aromatic carbocycles. The van der Waals surface area contributed by atoms with Gasteiger partial charge in [-0.25, -0.2) is 0 Å². The standard InChI is InChI=1S/C18H17N.C13H17N/c19-18-7-3-6-14-16-9-8-12-4-1-2-5-13(12)15(16)10-11-17(14)18;1-9-6-5-7-11-10(2)8-13(3,4)14-12(9)11/h3,6-11H,1-2,4-5,19H2;5-8,14H,1-4H3. The molecule has 6 rings (SSSR count). The van der Waals surface area contributed by atoms with Crippen LogP contribution in [0.15, 0.2) is 66.7 Å². The highest BCUT2D eigenvalue weighted by atomic mass is 15.0. The highest BCUT2D eigenvalue weighted by molar-refractivity contribution is 6.12. The normalized spacial score (nSPS) is 16.2. The lowest BCUT2D eigenvalue weighted by Crippen LogP contribution is -2.31. The molecule has 0 unspecified atom stereocenters. The molecule has 0 saturated heterocycles. The molecule has 3 N–H and O–H groups in total. The molecule has 0 fully saturated rings. The van der Waals surface area contributed by atoms with Gasteiger partial charge < -0.3 is 11.1 Å². The third-order valence-electron chi connectivity index (χ3n) is 7.15. The summed E-state index contributed by atoms with van der Waals surface area (Å²) in [7, 11) is 0. The van der Waals surface area contributed by atoms with Crippen LogP contribution in [0, 0.1) is 6.92 Å². The van der Waals surface area contributed by atoms with Crippen molar-refractivity contribution in [3.63, 3.8) is 0 Å². The van der Waals surface area contributed by atoms with Gasteiger partial charge in [-0.05, 0) is 97.9 Å². The van der Waals surface area contributed by atoms with E-state index in [4.69, 9.17) is 5.73 Å². The fourth-order valence-electron chi connectivity index (χ4n) is 5.59. The molecule has 2 nitrogen and oxygen atoms in total. The second-order valence-electron chi connectivity index (χ2n) is 10.2. The third-order valence-corrected chi connectivity index (χ3v) is 7.15. The van der Waals surface area contributed by atoms with Gasteiger partial charge in [0.1, 0.15) is 0 Å². The SMILES string of the molecule is CC1=CC(C)(C)Nc2c(C)cccc21.Nc1cccc2c1ccc1c3c(ccc12)CCCC3.